The number of allylic oxidation sites excluding steroid dienone is 2. The summed E-state index contributed by atoms with van der Waals surface area (Å²) in [4.78, 5) is 21.6. The van der Waals surface area contributed by atoms with Gasteiger partial charge in [-0.1, -0.05) is 0 Å². The van der Waals surface area contributed by atoms with Gasteiger partial charge in [0.05, 0.1) is 6.26 Å². The minimum Gasteiger partial charge on any atom is -0.515 e. The fourth-order valence-corrected chi connectivity index (χ4v) is 1.36. The van der Waals surface area contributed by atoms with Gasteiger partial charge in [-0.25, -0.2) is 13.6 Å². The number of Topliss-reactive ketones (excluding diaryl/α,β-unsaturated/α-hetero) is 1. The molecule has 0 atom stereocenters. The van der Waals surface area contributed by atoms with Crippen LogP contribution in [0.1, 0.15) is 12.8 Å². The number of carboxylic acids is 1. The van der Waals surface area contributed by atoms with Gasteiger partial charge in [-0.2, -0.15) is 0 Å². The number of carbonyl (C=O) groups is 2. The van der Waals surface area contributed by atoms with E-state index in [0.717, 1.165) is 0 Å². The average Bonchev–Trinajstić information content (AvgIpc) is 2.09. The molecule has 0 aliphatic heterocycles. The number of aliphatic carboxylic acids is 1. The van der Waals surface area contributed by atoms with Crippen LogP contribution in [0.4, 0.5) is 8.78 Å². The van der Waals surface area contributed by atoms with Crippen molar-refractivity contribution in [3.63, 3.8) is 0 Å². The third-order valence-electron chi connectivity index (χ3n) is 1.94. The normalized spacial score (nSPS) is 25.9. The highest BCUT2D eigenvalue weighted by atomic mass is 19.3. The molecule has 1 saturated carbocycles. The lowest BCUT2D eigenvalue weighted by Crippen LogP contribution is -2.29. The SMILES string of the molecule is O=C(O)C=C1CC(F)(F)CC(=CO)C1=O. The third-order valence-corrected chi connectivity index (χ3v) is 1.94. The van der Waals surface area contributed by atoms with Crippen LogP contribution in [0.3, 0.4) is 0 Å². The van der Waals surface area contributed by atoms with Gasteiger partial charge >= 0.3 is 5.97 Å². The van der Waals surface area contributed by atoms with E-state index in [1.807, 2.05) is 0 Å². The molecule has 0 amide bonds. The van der Waals surface area contributed by atoms with Crippen molar-refractivity contribution in [1.29, 1.82) is 0 Å². The molecule has 1 aliphatic carbocycles. The Kier molecular flexibility index (Phi) is 2.88. The van der Waals surface area contributed by atoms with Crippen molar-refractivity contribution < 1.29 is 28.6 Å². The number of aliphatic hydroxyl groups is 1. The Hall–Kier alpha value is -1.72. The molecule has 1 fully saturated rings. The van der Waals surface area contributed by atoms with Gasteiger partial charge in [-0.15, -0.1) is 0 Å². The van der Waals surface area contributed by atoms with E-state index in [2.05, 4.69) is 0 Å². The fraction of sp³-hybridized carbons (Fsp3) is 0.333. The molecule has 0 aromatic heterocycles. The zero-order valence-corrected chi connectivity index (χ0v) is 7.54. The number of carbonyl (C=O) groups excluding carboxylic acids is 1. The van der Waals surface area contributed by atoms with Gasteiger partial charge in [0.1, 0.15) is 0 Å². The summed E-state index contributed by atoms with van der Waals surface area (Å²) < 4.78 is 26.0. The van der Waals surface area contributed by atoms with Crippen molar-refractivity contribution in [2.75, 3.05) is 0 Å². The van der Waals surface area contributed by atoms with Crippen LogP contribution in [0.25, 0.3) is 0 Å². The number of rotatable bonds is 1. The highest BCUT2D eigenvalue weighted by Gasteiger charge is 2.40. The molecule has 82 valence electrons. The molecule has 0 aromatic rings. The van der Waals surface area contributed by atoms with Gasteiger partial charge in [-0.3, -0.25) is 4.79 Å². The Balaban J connectivity index is 3.08. The Bertz CT molecular complexity index is 368. The number of halogens is 2. The maximum Gasteiger partial charge on any atom is 0.328 e. The van der Waals surface area contributed by atoms with Crippen molar-refractivity contribution >= 4 is 11.8 Å². The third kappa shape index (κ3) is 2.61. The van der Waals surface area contributed by atoms with Crippen LogP contribution in [0.5, 0.6) is 0 Å². The van der Waals surface area contributed by atoms with Crippen molar-refractivity contribution in [3.05, 3.63) is 23.5 Å². The van der Waals surface area contributed by atoms with Crippen molar-refractivity contribution in [2.24, 2.45) is 0 Å². The quantitative estimate of drug-likeness (QED) is 0.515. The summed E-state index contributed by atoms with van der Waals surface area (Å²) in [5.41, 5.74) is -0.974. The second-order valence-electron chi connectivity index (χ2n) is 3.20. The summed E-state index contributed by atoms with van der Waals surface area (Å²) in [5, 5.41) is 16.9. The molecule has 15 heavy (non-hydrogen) atoms. The minimum absolute atomic E-state index is 0.297. The number of hydrogen-bond acceptors (Lipinski definition) is 3. The van der Waals surface area contributed by atoms with Gasteiger partial charge in [0.2, 0.25) is 0 Å². The number of carboxylic acid groups (broad SMARTS) is 1. The molecule has 0 spiro atoms. The second kappa shape index (κ2) is 3.80. The van der Waals surface area contributed by atoms with E-state index in [-0.39, 0.29) is 0 Å². The molecule has 2 N–H and O–H groups in total. The zero-order chi connectivity index (χ0) is 11.6. The maximum atomic E-state index is 13.0. The lowest BCUT2D eigenvalue weighted by Gasteiger charge is -2.24. The second-order valence-corrected chi connectivity index (χ2v) is 3.20. The summed E-state index contributed by atoms with van der Waals surface area (Å²) in [7, 11) is 0. The largest absolute Gasteiger partial charge is 0.515 e. The van der Waals surface area contributed by atoms with Crippen LogP contribution in [0.2, 0.25) is 0 Å². The summed E-state index contributed by atoms with van der Waals surface area (Å²) in [6.07, 6.45) is -1.03. The molecule has 1 aliphatic rings. The summed E-state index contributed by atoms with van der Waals surface area (Å²) in [5.74, 6) is -5.50. The first kappa shape index (κ1) is 11.4. The molecule has 6 heteroatoms. The van der Waals surface area contributed by atoms with Gasteiger partial charge in [0.15, 0.2) is 5.78 Å². The highest BCUT2D eigenvalue weighted by Crippen LogP contribution is 2.37. The average molecular weight is 218 g/mol. The first-order valence-electron chi connectivity index (χ1n) is 4.05. The molecule has 0 heterocycles. The van der Waals surface area contributed by atoms with Gasteiger partial charge in [0.25, 0.3) is 5.92 Å². The number of hydrogen-bond donors (Lipinski definition) is 2. The van der Waals surface area contributed by atoms with E-state index in [0.29, 0.717) is 12.3 Å². The molecular formula is C9H8F2O4. The zero-order valence-electron chi connectivity index (χ0n) is 7.54. The monoisotopic (exact) mass is 218 g/mol. The Morgan fingerprint density at radius 2 is 1.87 bits per heavy atom. The first-order valence-corrected chi connectivity index (χ1v) is 4.05. The molecule has 0 radical (unpaired) electrons. The van der Waals surface area contributed by atoms with Crippen LogP contribution >= 0.6 is 0 Å². The lowest BCUT2D eigenvalue weighted by molar-refractivity contribution is -0.132. The Morgan fingerprint density at radius 1 is 1.33 bits per heavy atom. The number of aliphatic hydroxyl groups excluding tert-OH is 1. The van der Waals surface area contributed by atoms with E-state index in [9.17, 15) is 18.4 Å². The van der Waals surface area contributed by atoms with Crippen LogP contribution in [-0.4, -0.2) is 27.9 Å². The molecular weight excluding hydrogens is 210 g/mol. The molecule has 0 aromatic carbocycles. The van der Waals surface area contributed by atoms with Crippen molar-refractivity contribution in [3.8, 4) is 0 Å². The van der Waals surface area contributed by atoms with Gasteiger partial charge in [-0.05, 0) is 0 Å². The molecule has 0 bridgehead atoms. The van der Waals surface area contributed by atoms with E-state index < -0.39 is 41.7 Å². The lowest BCUT2D eigenvalue weighted by atomic mass is 9.86. The Labute approximate surface area is 83.5 Å². The molecule has 1 rings (SSSR count). The number of ketones is 1. The smallest absolute Gasteiger partial charge is 0.328 e. The van der Waals surface area contributed by atoms with Crippen LogP contribution in [0.15, 0.2) is 23.5 Å². The maximum absolute atomic E-state index is 13.0. The molecule has 0 saturated heterocycles. The van der Waals surface area contributed by atoms with E-state index in [4.69, 9.17) is 10.2 Å². The van der Waals surface area contributed by atoms with Gasteiger partial charge < -0.3 is 10.2 Å². The van der Waals surface area contributed by atoms with Crippen LogP contribution in [0, 0.1) is 0 Å². The van der Waals surface area contributed by atoms with E-state index in [1.165, 1.54) is 0 Å². The Morgan fingerprint density at radius 3 is 2.33 bits per heavy atom. The molecule has 0 unspecified atom stereocenters. The summed E-state index contributed by atoms with van der Waals surface area (Å²) in [6.45, 7) is 0. The first-order chi connectivity index (χ1) is 6.85. The summed E-state index contributed by atoms with van der Waals surface area (Å²) >= 11 is 0. The van der Waals surface area contributed by atoms with Crippen LogP contribution in [-0.2, 0) is 9.59 Å². The van der Waals surface area contributed by atoms with Crippen molar-refractivity contribution in [1.82, 2.24) is 0 Å². The highest BCUT2D eigenvalue weighted by molar-refractivity contribution is 6.11. The summed E-state index contributed by atoms with van der Waals surface area (Å²) in [6, 6.07) is 0. The van der Waals surface area contributed by atoms with Crippen LogP contribution < -0.4 is 0 Å². The topological polar surface area (TPSA) is 74.6 Å². The number of alkyl halides is 2. The van der Waals surface area contributed by atoms with Crippen molar-refractivity contribution in [2.45, 2.75) is 18.8 Å². The van der Waals surface area contributed by atoms with E-state index in [1.54, 1.807) is 0 Å². The van der Waals surface area contributed by atoms with E-state index >= 15 is 0 Å². The molecule has 4 nitrogen and oxygen atoms in total. The predicted octanol–water partition coefficient (Wildman–Crippen LogP) is 1.44. The minimum atomic E-state index is -3.19. The standard InChI is InChI=1S/C9H8F2O4/c10-9(11)2-5(1-7(13)14)8(15)6(3-9)4-12/h1,4,12H,2-3H2,(H,13,14). The van der Waals surface area contributed by atoms with Gasteiger partial charge in [0, 0.05) is 30.1 Å². The predicted molar refractivity (Wildman–Crippen MR) is 45.6 cm³/mol. The fourth-order valence-electron chi connectivity index (χ4n) is 1.36.